The van der Waals surface area contributed by atoms with Gasteiger partial charge in [-0.2, -0.15) is 4.98 Å². The molecule has 0 saturated carbocycles. The van der Waals surface area contributed by atoms with E-state index in [4.69, 9.17) is 0 Å². The van der Waals surface area contributed by atoms with Gasteiger partial charge in [-0.3, -0.25) is 0 Å². The number of H-pyrrole nitrogens is 1. The summed E-state index contributed by atoms with van der Waals surface area (Å²) in [5, 5.41) is 6.57. The number of hydrogen-bond donors (Lipinski definition) is 3. The summed E-state index contributed by atoms with van der Waals surface area (Å²) in [6.07, 6.45) is 1.95. The molecule has 0 fully saturated rings. The minimum Gasteiger partial charge on any atom is -0.370 e. The topological polar surface area (TPSA) is 69.8 Å². The third kappa shape index (κ3) is 3.06. The summed E-state index contributed by atoms with van der Waals surface area (Å²) >= 11 is 0. The van der Waals surface area contributed by atoms with Crippen LogP contribution in [0.1, 0.15) is 31.5 Å². The fourth-order valence-corrected chi connectivity index (χ4v) is 2.00. The second-order valence-electron chi connectivity index (χ2n) is 4.88. The Morgan fingerprint density at radius 1 is 1.47 bits per heavy atom. The van der Waals surface area contributed by atoms with Crippen molar-refractivity contribution in [2.45, 2.75) is 33.2 Å². The number of fused-ring (bicyclic) bond motifs is 1. The molecule has 0 unspecified atom stereocenters. The third-order valence-corrected chi connectivity index (χ3v) is 2.99. The lowest BCUT2D eigenvalue weighted by molar-refractivity contribution is 0.601. The van der Waals surface area contributed by atoms with Crippen LogP contribution >= 0.6 is 0 Å². The first kappa shape index (κ1) is 12.1. The van der Waals surface area contributed by atoms with Crippen molar-refractivity contribution in [1.82, 2.24) is 15.3 Å². The predicted molar refractivity (Wildman–Crippen MR) is 68.2 cm³/mol. The highest BCUT2D eigenvalue weighted by molar-refractivity contribution is 5.46. The molecule has 0 aliphatic carbocycles. The van der Waals surface area contributed by atoms with Crippen molar-refractivity contribution in [1.29, 1.82) is 0 Å². The molecule has 3 N–H and O–H groups in total. The van der Waals surface area contributed by atoms with E-state index >= 15 is 0 Å². The molecule has 0 saturated heterocycles. The van der Waals surface area contributed by atoms with E-state index in [1.165, 1.54) is 0 Å². The fourth-order valence-electron chi connectivity index (χ4n) is 2.00. The highest BCUT2D eigenvalue weighted by Gasteiger charge is 2.15. The lowest BCUT2D eigenvalue weighted by atomic mass is 10.1. The monoisotopic (exact) mass is 236 g/mol. The van der Waals surface area contributed by atoms with E-state index < -0.39 is 0 Å². The van der Waals surface area contributed by atoms with E-state index in [2.05, 4.69) is 34.4 Å². The minimum atomic E-state index is -0.252. The molecule has 1 aliphatic rings. The fraction of sp³-hybridized carbons (Fsp3) is 0.667. The second kappa shape index (κ2) is 5.31. The summed E-state index contributed by atoms with van der Waals surface area (Å²) in [6, 6.07) is 0. The van der Waals surface area contributed by atoms with Crippen LogP contribution in [0.25, 0.3) is 0 Å². The predicted octanol–water partition coefficient (Wildman–Crippen LogP) is 0.874. The summed E-state index contributed by atoms with van der Waals surface area (Å²) in [5.41, 5.74) is 1.88. The molecule has 1 aromatic heterocycles. The number of anilines is 1. The number of nitrogens with zero attached hydrogens (tertiary/aromatic N) is 1. The molecule has 0 aromatic carbocycles. The molecule has 2 rings (SSSR count). The average molecular weight is 236 g/mol. The van der Waals surface area contributed by atoms with E-state index in [1.807, 2.05) is 0 Å². The molecule has 5 heteroatoms. The molecule has 0 bridgehead atoms. The molecule has 0 amide bonds. The van der Waals surface area contributed by atoms with Gasteiger partial charge in [-0.15, -0.1) is 0 Å². The molecule has 17 heavy (non-hydrogen) atoms. The molecule has 0 radical (unpaired) electrons. The quantitative estimate of drug-likeness (QED) is 0.725. The van der Waals surface area contributed by atoms with Gasteiger partial charge in [-0.25, -0.2) is 4.79 Å². The normalized spacial score (nSPS) is 14.8. The smallest absolute Gasteiger partial charge is 0.347 e. The lowest BCUT2D eigenvalue weighted by Crippen LogP contribution is -2.30. The first-order valence-corrected chi connectivity index (χ1v) is 6.23. The van der Waals surface area contributed by atoms with Crippen molar-refractivity contribution in [2.75, 3.05) is 18.4 Å². The Morgan fingerprint density at radius 2 is 2.29 bits per heavy atom. The first-order chi connectivity index (χ1) is 8.16. The van der Waals surface area contributed by atoms with Gasteiger partial charge < -0.3 is 15.6 Å². The second-order valence-corrected chi connectivity index (χ2v) is 4.88. The largest absolute Gasteiger partial charge is 0.370 e. The van der Waals surface area contributed by atoms with Gasteiger partial charge in [0, 0.05) is 37.3 Å². The number of rotatable bonds is 4. The molecule has 94 valence electrons. The van der Waals surface area contributed by atoms with Crippen molar-refractivity contribution < 1.29 is 0 Å². The van der Waals surface area contributed by atoms with E-state index in [9.17, 15) is 4.79 Å². The molecule has 1 aliphatic heterocycles. The van der Waals surface area contributed by atoms with Crippen molar-refractivity contribution in [3.05, 3.63) is 21.7 Å². The molecule has 5 nitrogen and oxygen atoms in total. The van der Waals surface area contributed by atoms with Crippen LogP contribution in [0.5, 0.6) is 0 Å². The summed E-state index contributed by atoms with van der Waals surface area (Å²) in [7, 11) is 0. The van der Waals surface area contributed by atoms with Crippen molar-refractivity contribution in [2.24, 2.45) is 5.92 Å². The number of aromatic nitrogens is 2. The zero-order chi connectivity index (χ0) is 12.3. The first-order valence-electron chi connectivity index (χ1n) is 6.23. The number of hydrogen-bond acceptors (Lipinski definition) is 4. The standard InChI is InChI=1S/C12H20N4O/c1-8(2)3-6-14-11-9-7-13-5-4-10(9)15-12(17)16-11/h8,13H,3-7H2,1-2H3,(H2,14,15,16,17). The summed E-state index contributed by atoms with van der Waals surface area (Å²) in [6.45, 7) is 6.93. The Hall–Kier alpha value is -1.36. The Balaban J connectivity index is 2.15. The van der Waals surface area contributed by atoms with Crippen molar-refractivity contribution in [3.63, 3.8) is 0 Å². The average Bonchev–Trinajstić information content (AvgIpc) is 2.28. The third-order valence-electron chi connectivity index (χ3n) is 2.99. The number of aromatic amines is 1. The van der Waals surface area contributed by atoms with Crippen LogP contribution in [0.4, 0.5) is 5.82 Å². The number of nitrogens with one attached hydrogen (secondary N) is 3. The highest BCUT2D eigenvalue weighted by atomic mass is 16.1. The van der Waals surface area contributed by atoms with E-state index in [-0.39, 0.29) is 5.69 Å². The summed E-state index contributed by atoms with van der Waals surface area (Å²) < 4.78 is 0. The Labute approximate surface area is 101 Å². The van der Waals surface area contributed by atoms with E-state index in [1.54, 1.807) is 0 Å². The lowest BCUT2D eigenvalue weighted by Gasteiger charge is -2.19. The van der Waals surface area contributed by atoms with Gasteiger partial charge >= 0.3 is 5.69 Å². The van der Waals surface area contributed by atoms with Gasteiger partial charge in [0.25, 0.3) is 0 Å². The van der Waals surface area contributed by atoms with Gasteiger partial charge in [-0.05, 0) is 12.3 Å². The SMILES string of the molecule is CC(C)CCNc1nc(=O)[nH]c2c1CNCC2. The molecule has 0 spiro atoms. The van der Waals surface area contributed by atoms with Crippen molar-refractivity contribution in [3.8, 4) is 0 Å². The van der Waals surface area contributed by atoms with Gasteiger partial charge in [0.05, 0.1) is 0 Å². The van der Waals surface area contributed by atoms with Gasteiger partial charge in [0.2, 0.25) is 0 Å². The zero-order valence-electron chi connectivity index (χ0n) is 10.5. The van der Waals surface area contributed by atoms with Crippen LogP contribution in [0.3, 0.4) is 0 Å². The van der Waals surface area contributed by atoms with Crippen LogP contribution < -0.4 is 16.3 Å². The highest BCUT2D eigenvalue weighted by Crippen LogP contribution is 2.17. The van der Waals surface area contributed by atoms with E-state index in [0.29, 0.717) is 5.92 Å². The summed E-state index contributed by atoms with van der Waals surface area (Å²) in [4.78, 5) is 18.3. The van der Waals surface area contributed by atoms with E-state index in [0.717, 1.165) is 49.6 Å². The Kier molecular flexibility index (Phi) is 3.78. The van der Waals surface area contributed by atoms with Crippen molar-refractivity contribution >= 4 is 5.82 Å². The van der Waals surface area contributed by atoms with Crippen LogP contribution in [0.2, 0.25) is 0 Å². The Morgan fingerprint density at radius 3 is 3.06 bits per heavy atom. The molecule has 2 heterocycles. The van der Waals surface area contributed by atoms with Gasteiger partial charge in [0.1, 0.15) is 5.82 Å². The maximum atomic E-state index is 11.4. The minimum absolute atomic E-state index is 0.252. The molecule has 1 aromatic rings. The van der Waals surface area contributed by atoms with Gasteiger partial charge in [-0.1, -0.05) is 13.8 Å². The zero-order valence-corrected chi connectivity index (χ0v) is 10.5. The molecular formula is C12H20N4O. The Bertz CT molecular complexity index is 439. The van der Waals surface area contributed by atoms with Crippen LogP contribution in [-0.4, -0.2) is 23.1 Å². The van der Waals surface area contributed by atoms with Crippen LogP contribution in [-0.2, 0) is 13.0 Å². The van der Waals surface area contributed by atoms with Crippen LogP contribution in [0.15, 0.2) is 4.79 Å². The maximum Gasteiger partial charge on any atom is 0.347 e. The van der Waals surface area contributed by atoms with Crippen LogP contribution in [0, 0.1) is 5.92 Å². The summed E-state index contributed by atoms with van der Waals surface area (Å²) in [5.74, 6) is 1.40. The molecule has 0 atom stereocenters. The maximum absolute atomic E-state index is 11.4. The van der Waals surface area contributed by atoms with Gasteiger partial charge in [0.15, 0.2) is 0 Å². The molecular weight excluding hydrogens is 216 g/mol.